The molecule has 158 valence electrons. The van der Waals surface area contributed by atoms with Crippen molar-refractivity contribution in [3.8, 4) is 11.5 Å². The van der Waals surface area contributed by atoms with Crippen molar-refractivity contribution >= 4 is 15.7 Å². The number of pyridine rings is 1. The van der Waals surface area contributed by atoms with Gasteiger partial charge in [0.1, 0.15) is 17.8 Å². The van der Waals surface area contributed by atoms with Gasteiger partial charge in [-0.1, -0.05) is 6.92 Å². The normalized spacial score (nSPS) is 20.3. The molecule has 2 aromatic heterocycles. The van der Waals surface area contributed by atoms with Gasteiger partial charge in [-0.2, -0.15) is 9.40 Å². The molecular weight excluding hydrogens is 404 g/mol. The molecule has 2 aliphatic heterocycles. The molecule has 1 unspecified atom stereocenters. The third-order valence-electron chi connectivity index (χ3n) is 6.16. The monoisotopic (exact) mass is 428 g/mol. The summed E-state index contributed by atoms with van der Waals surface area (Å²) in [5.74, 6) is 1.97. The lowest BCUT2D eigenvalue weighted by Gasteiger charge is -2.32. The number of benzene rings is 1. The Labute approximate surface area is 175 Å². The van der Waals surface area contributed by atoms with Crippen LogP contribution in [0.4, 0.5) is 0 Å². The number of sulfonamides is 1. The molecule has 9 heteroatoms. The lowest BCUT2D eigenvalue weighted by atomic mass is 9.91. The number of hydrogen-bond acceptors (Lipinski definition) is 6. The second-order valence-electron chi connectivity index (χ2n) is 7.95. The van der Waals surface area contributed by atoms with Gasteiger partial charge in [0.05, 0.1) is 18.6 Å². The van der Waals surface area contributed by atoms with E-state index in [0.717, 1.165) is 41.1 Å². The van der Waals surface area contributed by atoms with Crippen LogP contribution in [0.1, 0.15) is 42.7 Å². The van der Waals surface area contributed by atoms with Crippen LogP contribution in [0, 0.1) is 0 Å². The van der Waals surface area contributed by atoms with Gasteiger partial charge in [-0.3, -0.25) is 0 Å². The van der Waals surface area contributed by atoms with Crippen molar-refractivity contribution < 1.29 is 17.9 Å². The highest BCUT2D eigenvalue weighted by Gasteiger charge is 2.32. The number of piperidine rings is 1. The van der Waals surface area contributed by atoms with E-state index in [9.17, 15) is 8.42 Å². The van der Waals surface area contributed by atoms with Crippen LogP contribution in [0.25, 0.3) is 5.65 Å². The third-order valence-corrected chi connectivity index (χ3v) is 8.05. The van der Waals surface area contributed by atoms with Gasteiger partial charge in [0.25, 0.3) is 0 Å². The highest BCUT2D eigenvalue weighted by molar-refractivity contribution is 7.89. The standard InChI is InChI=1S/C21H24N4O4S/c1-14-12-29-19-4-3-16(9-17(14)19)30(26,27)24-7-5-15(6-8-24)18-11-25-21(22-13-23-25)10-20(18)28-2/h3-4,9-11,13-15H,5-8,12H2,1-2H3. The van der Waals surface area contributed by atoms with Crippen molar-refractivity contribution in [2.45, 2.75) is 36.5 Å². The van der Waals surface area contributed by atoms with E-state index in [1.165, 1.54) is 6.33 Å². The Morgan fingerprint density at radius 3 is 2.73 bits per heavy atom. The molecule has 4 heterocycles. The van der Waals surface area contributed by atoms with Gasteiger partial charge in [-0.05, 0) is 37.0 Å². The molecule has 1 fully saturated rings. The zero-order valence-corrected chi connectivity index (χ0v) is 17.8. The molecule has 0 amide bonds. The minimum Gasteiger partial charge on any atom is -0.496 e. The molecule has 1 saturated heterocycles. The minimum absolute atomic E-state index is 0.202. The maximum atomic E-state index is 13.2. The molecule has 5 rings (SSSR count). The lowest BCUT2D eigenvalue weighted by molar-refractivity contribution is 0.312. The van der Waals surface area contributed by atoms with Crippen molar-refractivity contribution in [1.82, 2.24) is 18.9 Å². The van der Waals surface area contributed by atoms with Crippen molar-refractivity contribution in [3.05, 3.63) is 47.9 Å². The zero-order valence-electron chi connectivity index (χ0n) is 17.0. The Morgan fingerprint density at radius 1 is 1.17 bits per heavy atom. The molecule has 0 aliphatic carbocycles. The summed E-state index contributed by atoms with van der Waals surface area (Å²) in [6.07, 6.45) is 4.90. The van der Waals surface area contributed by atoms with Crippen LogP contribution in [0.5, 0.6) is 11.5 Å². The van der Waals surface area contributed by atoms with Crippen LogP contribution in [-0.4, -0.2) is 54.1 Å². The fraction of sp³-hybridized carbons (Fsp3) is 0.429. The second kappa shape index (κ2) is 7.24. The maximum absolute atomic E-state index is 13.2. The first-order chi connectivity index (χ1) is 14.5. The summed E-state index contributed by atoms with van der Waals surface area (Å²) in [5, 5.41) is 4.21. The average molecular weight is 429 g/mol. The van der Waals surface area contributed by atoms with E-state index in [2.05, 4.69) is 10.1 Å². The van der Waals surface area contributed by atoms with Crippen molar-refractivity contribution in [2.75, 3.05) is 26.8 Å². The molecule has 1 aromatic carbocycles. The molecule has 0 saturated carbocycles. The number of aromatic nitrogens is 3. The third kappa shape index (κ3) is 3.13. The Bertz CT molecular complexity index is 1200. The lowest BCUT2D eigenvalue weighted by Crippen LogP contribution is -2.38. The van der Waals surface area contributed by atoms with E-state index in [0.29, 0.717) is 24.6 Å². The molecule has 2 aliphatic rings. The number of methoxy groups -OCH3 is 1. The molecule has 30 heavy (non-hydrogen) atoms. The highest BCUT2D eigenvalue weighted by Crippen LogP contribution is 2.38. The second-order valence-corrected chi connectivity index (χ2v) is 9.89. The maximum Gasteiger partial charge on any atom is 0.243 e. The first-order valence-electron chi connectivity index (χ1n) is 10.1. The van der Waals surface area contributed by atoms with Gasteiger partial charge in [-0.15, -0.1) is 0 Å². The minimum atomic E-state index is -3.54. The van der Waals surface area contributed by atoms with Crippen LogP contribution in [-0.2, 0) is 10.0 Å². The van der Waals surface area contributed by atoms with E-state index in [1.807, 2.05) is 19.2 Å². The Kier molecular flexibility index (Phi) is 4.67. The molecule has 1 atom stereocenters. The first-order valence-corrected chi connectivity index (χ1v) is 11.6. The zero-order chi connectivity index (χ0) is 20.9. The van der Waals surface area contributed by atoms with Crippen LogP contribution < -0.4 is 9.47 Å². The highest BCUT2D eigenvalue weighted by atomic mass is 32.2. The summed E-state index contributed by atoms with van der Waals surface area (Å²) >= 11 is 0. The van der Waals surface area contributed by atoms with E-state index >= 15 is 0 Å². The van der Waals surface area contributed by atoms with E-state index < -0.39 is 10.0 Å². The fourth-order valence-electron chi connectivity index (χ4n) is 4.41. The SMILES string of the molecule is COc1cc2ncnn2cc1C1CCN(S(=O)(=O)c2ccc3c(c2)C(C)CO3)CC1. The molecule has 8 nitrogen and oxygen atoms in total. The fourth-order valence-corrected chi connectivity index (χ4v) is 5.91. The summed E-state index contributed by atoms with van der Waals surface area (Å²) in [7, 11) is -1.89. The van der Waals surface area contributed by atoms with E-state index in [4.69, 9.17) is 9.47 Å². The Balaban J connectivity index is 1.36. The van der Waals surface area contributed by atoms with Crippen molar-refractivity contribution in [1.29, 1.82) is 0 Å². The molecular formula is C21H24N4O4S. The topological polar surface area (TPSA) is 86.0 Å². The summed E-state index contributed by atoms with van der Waals surface area (Å²) in [4.78, 5) is 4.54. The summed E-state index contributed by atoms with van der Waals surface area (Å²) < 4.78 is 41.0. The van der Waals surface area contributed by atoms with Gasteiger partial charge in [0.15, 0.2) is 5.65 Å². The number of hydrogen-bond donors (Lipinski definition) is 0. The smallest absolute Gasteiger partial charge is 0.243 e. The number of ether oxygens (including phenoxy) is 2. The van der Waals surface area contributed by atoms with E-state index in [1.54, 1.807) is 34.1 Å². The number of fused-ring (bicyclic) bond motifs is 2. The summed E-state index contributed by atoms with van der Waals surface area (Å²) in [5.41, 5.74) is 2.73. The predicted octanol–water partition coefficient (Wildman–Crippen LogP) is 2.80. The molecule has 0 radical (unpaired) electrons. The first kappa shape index (κ1) is 19.3. The summed E-state index contributed by atoms with van der Waals surface area (Å²) in [6.45, 7) is 3.58. The number of nitrogens with zero attached hydrogens (tertiary/aromatic N) is 4. The van der Waals surface area contributed by atoms with Crippen LogP contribution in [0.2, 0.25) is 0 Å². The summed E-state index contributed by atoms with van der Waals surface area (Å²) in [6, 6.07) is 7.08. The van der Waals surface area contributed by atoms with Gasteiger partial charge in [0, 0.05) is 42.4 Å². The molecule has 3 aromatic rings. The molecule has 0 spiro atoms. The van der Waals surface area contributed by atoms with E-state index in [-0.39, 0.29) is 11.8 Å². The molecule has 0 N–H and O–H groups in total. The van der Waals surface area contributed by atoms with Crippen LogP contribution in [0.15, 0.2) is 41.7 Å². The largest absolute Gasteiger partial charge is 0.496 e. The van der Waals surface area contributed by atoms with Crippen molar-refractivity contribution in [2.24, 2.45) is 0 Å². The van der Waals surface area contributed by atoms with Crippen LogP contribution in [0.3, 0.4) is 0 Å². The van der Waals surface area contributed by atoms with Gasteiger partial charge in [-0.25, -0.2) is 17.9 Å². The van der Waals surface area contributed by atoms with Gasteiger partial charge < -0.3 is 9.47 Å². The van der Waals surface area contributed by atoms with Gasteiger partial charge in [0.2, 0.25) is 10.0 Å². The quantitative estimate of drug-likeness (QED) is 0.635. The van der Waals surface area contributed by atoms with Gasteiger partial charge >= 0.3 is 0 Å². The van der Waals surface area contributed by atoms with Crippen molar-refractivity contribution in [3.63, 3.8) is 0 Å². The Hall–Kier alpha value is -2.65. The Morgan fingerprint density at radius 2 is 1.97 bits per heavy atom. The average Bonchev–Trinajstić information content (AvgIpc) is 3.38. The molecule has 0 bridgehead atoms. The van der Waals surface area contributed by atoms with Crippen LogP contribution >= 0.6 is 0 Å². The predicted molar refractivity (Wildman–Crippen MR) is 111 cm³/mol. The number of rotatable bonds is 4.